The van der Waals surface area contributed by atoms with E-state index in [1.165, 1.54) is 41.4 Å². The number of carbonyl (C=O) groups is 1. The van der Waals surface area contributed by atoms with Crippen molar-refractivity contribution in [3.63, 3.8) is 0 Å². The van der Waals surface area contributed by atoms with Gasteiger partial charge in [0.1, 0.15) is 17.5 Å². The zero-order valence-electron chi connectivity index (χ0n) is 22.2. The maximum absolute atomic E-state index is 13.3. The van der Waals surface area contributed by atoms with Crippen molar-refractivity contribution in [2.75, 3.05) is 31.1 Å². The smallest absolute Gasteiger partial charge is 0.264 e. The van der Waals surface area contributed by atoms with Gasteiger partial charge in [0, 0.05) is 37.4 Å². The molecule has 0 radical (unpaired) electrons. The van der Waals surface area contributed by atoms with Gasteiger partial charge in [-0.15, -0.1) is 0 Å². The molecule has 0 aliphatic carbocycles. The molecular weight excluding hydrogens is 515 g/mol. The number of fused-ring (bicyclic) bond motifs is 1. The van der Waals surface area contributed by atoms with Crippen LogP contribution in [0.1, 0.15) is 36.5 Å². The number of carbonyl (C=O) groups excluding carboxylic acids is 1. The highest BCUT2D eigenvalue weighted by Gasteiger charge is 2.35. The lowest BCUT2D eigenvalue weighted by Crippen LogP contribution is -2.49. The first-order valence-electron chi connectivity index (χ1n) is 13.4. The van der Waals surface area contributed by atoms with Gasteiger partial charge in [0.25, 0.3) is 11.5 Å². The summed E-state index contributed by atoms with van der Waals surface area (Å²) >= 11 is 0. The summed E-state index contributed by atoms with van der Waals surface area (Å²) in [5.74, 6) is -0.618. The van der Waals surface area contributed by atoms with Gasteiger partial charge >= 0.3 is 0 Å². The molecule has 2 fully saturated rings. The topological polar surface area (TPSA) is 117 Å². The van der Waals surface area contributed by atoms with Crippen LogP contribution in [0, 0.1) is 5.82 Å². The third-order valence-electron chi connectivity index (χ3n) is 8.00. The molecule has 1 unspecified atom stereocenters. The van der Waals surface area contributed by atoms with Crippen molar-refractivity contribution in [1.29, 1.82) is 0 Å². The molecule has 1 atom stereocenters. The van der Waals surface area contributed by atoms with Crippen LogP contribution in [0.25, 0.3) is 16.7 Å². The van der Waals surface area contributed by atoms with Crippen molar-refractivity contribution in [2.45, 2.75) is 43.9 Å². The number of aliphatic hydroxyl groups is 2. The lowest BCUT2D eigenvalue weighted by molar-refractivity contribution is -0.0299. The van der Waals surface area contributed by atoms with E-state index in [2.05, 4.69) is 15.0 Å². The molecule has 4 aromatic rings. The Hall–Kier alpha value is -4.09. The molecule has 10 nitrogen and oxygen atoms in total. The van der Waals surface area contributed by atoms with Crippen molar-refractivity contribution in [1.82, 2.24) is 24.2 Å². The van der Waals surface area contributed by atoms with Crippen molar-refractivity contribution >= 4 is 22.6 Å². The molecule has 0 spiro atoms. The van der Waals surface area contributed by atoms with Gasteiger partial charge < -0.3 is 20.0 Å². The number of anilines is 1. The van der Waals surface area contributed by atoms with Crippen molar-refractivity contribution in [2.24, 2.45) is 0 Å². The molecule has 2 aromatic heterocycles. The molecule has 40 heavy (non-hydrogen) atoms. The van der Waals surface area contributed by atoms with E-state index in [0.29, 0.717) is 49.1 Å². The lowest BCUT2D eigenvalue weighted by Gasteiger charge is -2.38. The van der Waals surface area contributed by atoms with Gasteiger partial charge in [-0.2, -0.15) is 5.10 Å². The molecular formula is C29H31FN6O4. The standard InChI is InChI=1S/C29H31FN6O4/c1-28(39)10-13-34(17-28)22-6-8-23(9-7-22)36-25-24(16-32-36)27(38)35(19-31-25)18-29(40)11-14-33(15-12-29)26(37)20-2-4-21(30)5-3-20/h2-9,16,19,39-40H,10-15,17-18H2,1H3. The predicted molar refractivity (Wildman–Crippen MR) is 147 cm³/mol. The summed E-state index contributed by atoms with van der Waals surface area (Å²) in [6.45, 7) is 3.89. The summed E-state index contributed by atoms with van der Waals surface area (Å²) in [6.07, 6.45) is 4.22. The first-order chi connectivity index (χ1) is 19.1. The van der Waals surface area contributed by atoms with Crippen molar-refractivity contribution in [3.8, 4) is 5.69 Å². The fourth-order valence-corrected chi connectivity index (χ4v) is 5.60. The molecule has 2 saturated heterocycles. The summed E-state index contributed by atoms with van der Waals surface area (Å²) in [5, 5.41) is 26.3. The summed E-state index contributed by atoms with van der Waals surface area (Å²) in [5.41, 5.74) is 0.416. The summed E-state index contributed by atoms with van der Waals surface area (Å²) in [7, 11) is 0. The summed E-state index contributed by atoms with van der Waals surface area (Å²) < 4.78 is 16.2. The van der Waals surface area contributed by atoms with Crippen LogP contribution in [0.15, 0.2) is 65.8 Å². The highest BCUT2D eigenvalue weighted by atomic mass is 19.1. The van der Waals surface area contributed by atoms with E-state index in [-0.39, 0.29) is 18.0 Å². The number of halogens is 1. The highest BCUT2D eigenvalue weighted by Crippen LogP contribution is 2.28. The lowest BCUT2D eigenvalue weighted by atomic mass is 9.91. The van der Waals surface area contributed by atoms with E-state index < -0.39 is 17.0 Å². The quantitative estimate of drug-likeness (QED) is 0.395. The van der Waals surface area contributed by atoms with Crippen LogP contribution >= 0.6 is 0 Å². The third-order valence-corrected chi connectivity index (χ3v) is 8.00. The Morgan fingerprint density at radius 3 is 2.30 bits per heavy atom. The molecule has 2 aliphatic rings. The minimum atomic E-state index is -1.18. The fourth-order valence-electron chi connectivity index (χ4n) is 5.60. The van der Waals surface area contributed by atoms with Gasteiger partial charge in [0.05, 0.1) is 29.6 Å². The second kappa shape index (κ2) is 9.83. The number of piperidine rings is 1. The monoisotopic (exact) mass is 546 g/mol. The molecule has 208 valence electrons. The number of hydrogen-bond acceptors (Lipinski definition) is 7. The third kappa shape index (κ3) is 4.98. The number of likely N-dealkylation sites (tertiary alicyclic amines) is 1. The Bertz CT molecular complexity index is 1600. The number of β-amino-alcohol motifs (C(OH)–C–C–N with tert-alkyl or cyclic N) is 1. The van der Waals surface area contributed by atoms with Gasteiger partial charge in [0.2, 0.25) is 0 Å². The van der Waals surface area contributed by atoms with Crippen LogP contribution in [-0.2, 0) is 6.54 Å². The van der Waals surface area contributed by atoms with Crippen LogP contribution in [0.5, 0.6) is 0 Å². The Kier molecular flexibility index (Phi) is 6.42. The van der Waals surface area contributed by atoms with E-state index in [1.54, 1.807) is 9.58 Å². The van der Waals surface area contributed by atoms with Gasteiger partial charge in [-0.1, -0.05) is 0 Å². The number of rotatable bonds is 5. The molecule has 4 heterocycles. The summed E-state index contributed by atoms with van der Waals surface area (Å²) in [6, 6.07) is 13.2. The van der Waals surface area contributed by atoms with Gasteiger partial charge in [-0.25, -0.2) is 14.1 Å². The molecule has 6 rings (SSSR count). The minimum absolute atomic E-state index is 0.0485. The van der Waals surface area contributed by atoms with Gasteiger partial charge in [0.15, 0.2) is 5.65 Å². The van der Waals surface area contributed by atoms with Crippen LogP contribution in [0.2, 0.25) is 0 Å². The maximum Gasteiger partial charge on any atom is 0.264 e. The summed E-state index contributed by atoms with van der Waals surface area (Å²) in [4.78, 5) is 34.3. The largest absolute Gasteiger partial charge is 0.388 e. The van der Waals surface area contributed by atoms with Crippen LogP contribution in [0.4, 0.5) is 10.1 Å². The Morgan fingerprint density at radius 1 is 0.975 bits per heavy atom. The Balaban J connectivity index is 1.15. The van der Waals surface area contributed by atoms with E-state index in [9.17, 15) is 24.2 Å². The number of aromatic nitrogens is 4. The highest BCUT2D eigenvalue weighted by molar-refractivity contribution is 5.94. The second-order valence-corrected chi connectivity index (χ2v) is 11.2. The molecule has 1 amide bonds. The number of benzene rings is 2. The second-order valence-electron chi connectivity index (χ2n) is 11.2. The van der Waals surface area contributed by atoms with Gasteiger partial charge in [-0.3, -0.25) is 14.2 Å². The van der Waals surface area contributed by atoms with E-state index in [0.717, 1.165) is 24.3 Å². The number of amides is 1. The fraction of sp³-hybridized carbons (Fsp3) is 0.379. The Morgan fingerprint density at radius 2 is 1.65 bits per heavy atom. The zero-order chi connectivity index (χ0) is 28.1. The average molecular weight is 547 g/mol. The molecule has 0 saturated carbocycles. The van der Waals surface area contributed by atoms with Crippen molar-refractivity contribution < 1.29 is 19.4 Å². The molecule has 2 aliphatic heterocycles. The van der Waals surface area contributed by atoms with Crippen LogP contribution in [-0.4, -0.2) is 77.7 Å². The SMILES string of the molecule is CC1(O)CCN(c2ccc(-n3ncc4c(=O)n(CC5(O)CCN(C(=O)c6ccc(F)cc6)CC5)cnc43)cc2)C1. The minimum Gasteiger partial charge on any atom is -0.388 e. The molecule has 2 aromatic carbocycles. The van der Waals surface area contributed by atoms with E-state index in [1.807, 2.05) is 31.2 Å². The molecule has 11 heteroatoms. The molecule has 0 bridgehead atoms. The maximum atomic E-state index is 13.3. The first-order valence-corrected chi connectivity index (χ1v) is 13.4. The predicted octanol–water partition coefficient (Wildman–Crippen LogP) is 2.35. The van der Waals surface area contributed by atoms with Crippen molar-refractivity contribution in [3.05, 3.63) is 82.8 Å². The zero-order valence-corrected chi connectivity index (χ0v) is 22.2. The van der Waals surface area contributed by atoms with Crippen LogP contribution < -0.4 is 10.5 Å². The Labute approximate surface area is 229 Å². The van der Waals surface area contributed by atoms with E-state index >= 15 is 0 Å². The molecule has 2 N–H and O–H groups in total. The normalized spacial score (nSPS) is 20.8. The number of nitrogens with zero attached hydrogens (tertiary/aromatic N) is 6. The average Bonchev–Trinajstić information content (AvgIpc) is 3.54. The van der Waals surface area contributed by atoms with E-state index in [4.69, 9.17) is 0 Å². The van der Waals surface area contributed by atoms with Crippen LogP contribution in [0.3, 0.4) is 0 Å². The van der Waals surface area contributed by atoms with Gasteiger partial charge in [-0.05, 0) is 74.7 Å². The number of hydrogen-bond donors (Lipinski definition) is 2. The first kappa shape index (κ1) is 26.1.